The quantitative estimate of drug-likeness (QED) is 0.401. The van der Waals surface area contributed by atoms with Crippen LogP contribution in [0.2, 0.25) is 0 Å². The molecule has 0 bridgehead atoms. The first-order chi connectivity index (χ1) is 17.4. The first-order valence-corrected chi connectivity index (χ1v) is 14.4. The monoisotopic (exact) mass is 549 g/mol. The van der Waals surface area contributed by atoms with E-state index in [1.165, 1.54) is 24.3 Å². The maximum absolute atomic E-state index is 13.2. The molecule has 7 nitrogen and oxygen atoms in total. The molecule has 0 spiro atoms. The van der Waals surface area contributed by atoms with Gasteiger partial charge in [0.15, 0.2) is 0 Å². The summed E-state index contributed by atoms with van der Waals surface area (Å²) in [6.07, 6.45) is 5.04. The first kappa shape index (κ1) is 29.6. The molecule has 204 valence electrons. The minimum absolute atomic E-state index is 0. The Morgan fingerprint density at radius 1 is 1.08 bits per heavy atom. The first-order valence-electron chi connectivity index (χ1n) is 13.0. The molecule has 0 amide bonds. The normalized spacial score (nSPS) is 21.3. The van der Waals surface area contributed by atoms with Crippen molar-refractivity contribution in [3.8, 4) is 0 Å². The molecule has 1 saturated heterocycles. The van der Waals surface area contributed by atoms with E-state index in [1.807, 2.05) is 24.3 Å². The predicted octanol–water partition coefficient (Wildman–Crippen LogP) is 4.11. The summed E-state index contributed by atoms with van der Waals surface area (Å²) < 4.78 is 32.9. The van der Waals surface area contributed by atoms with Gasteiger partial charge in [-0.1, -0.05) is 48.5 Å². The smallest absolute Gasteiger partial charge is 0.308 e. The summed E-state index contributed by atoms with van der Waals surface area (Å²) >= 11 is 0. The van der Waals surface area contributed by atoms with Gasteiger partial charge in [0, 0.05) is 26.7 Å². The van der Waals surface area contributed by atoms with Crippen LogP contribution < -0.4 is 5.32 Å². The zero-order chi connectivity index (χ0) is 25.5. The van der Waals surface area contributed by atoms with E-state index in [-0.39, 0.29) is 36.4 Å². The number of likely N-dealkylation sites (tertiary alicyclic amines) is 1. The number of piperidine rings is 1. The highest BCUT2D eigenvalue weighted by atomic mass is 35.5. The van der Waals surface area contributed by atoms with Crippen molar-refractivity contribution < 1.29 is 17.9 Å². The lowest BCUT2D eigenvalue weighted by Crippen LogP contribution is -2.53. The molecular weight excluding hydrogens is 510 g/mol. The third kappa shape index (κ3) is 8.01. The minimum atomic E-state index is -3.57. The highest BCUT2D eigenvalue weighted by Gasteiger charge is 2.34. The van der Waals surface area contributed by atoms with Gasteiger partial charge in [-0.3, -0.25) is 9.69 Å². The second-order valence-corrected chi connectivity index (χ2v) is 12.2. The molecule has 1 unspecified atom stereocenters. The van der Waals surface area contributed by atoms with Crippen molar-refractivity contribution in [1.29, 1.82) is 0 Å². The van der Waals surface area contributed by atoms with Crippen LogP contribution in [-0.4, -0.2) is 70.1 Å². The van der Waals surface area contributed by atoms with Crippen molar-refractivity contribution in [2.75, 3.05) is 40.3 Å². The maximum atomic E-state index is 13.2. The van der Waals surface area contributed by atoms with Crippen LogP contribution >= 0.6 is 12.4 Å². The molecule has 1 N–H and O–H groups in total. The number of likely N-dealkylation sites (N-methyl/N-ethyl adjacent to an activating group) is 1. The summed E-state index contributed by atoms with van der Waals surface area (Å²) in [6.45, 7) is 3.03. The predicted molar refractivity (Wildman–Crippen MR) is 148 cm³/mol. The molecule has 1 aliphatic carbocycles. The van der Waals surface area contributed by atoms with Crippen LogP contribution in [0.3, 0.4) is 0 Å². The van der Waals surface area contributed by atoms with Gasteiger partial charge in [0.1, 0.15) is 0 Å². The number of ether oxygens (including phenoxy) is 1. The molecule has 1 aliphatic heterocycles. The zero-order valence-corrected chi connectivity index (χ0v) is 23.4. The third-order valence-electron chi connectivity index (χ3n) is 7.55. The number of nitrogens with zero attached hydrogens (tertiary/aromatic N) is 2. The number of methoxy groups -OCH3 is 1. The van der Waals surface area contributed by atoms with Gasteiger partial charge in [-0.15, -0.1) is 12.4 Å². The summed E-state index contributed by atoms with van der Waals surface area (Å²) in [6, 6.07) is 18.8. The van der Waals surface area contributed by atoms with Gasteiger partial charge in [0.05, 0.1) is 24.1 Å². The number of hydrogen-bond donors (Lipinski definition) is 1. The van der Waals surface area contributed by atoms with Gasteiger partial charge in [-0.2, -0.15) is 0 Å². The van der Waals surface area contributed by atoms with Crippen LogP contribution in [0.5, 0.6) is 0 Å². The Hall–Kier alpha value is -1.97. The molecule has 0 aromatic heterocycles. The number of nitrogens with one attached hydrogen (secondary N) is 1. The van der Waals surface area contributed by atoms with Crippen LogP contribution in [0.25, 0.3) is 0 Å². The van der Waals surface area contributed by atoms with Crippen molar-refractivity contribution in [2.24, 2.45) is 11.8 Å². The van der Waals surface area contributed by atoms with Gasteiger partial charge < -0.3 is 10.1 Å². The average molecular weight is 550 g/mol. The van der Waals surface area contributed by atoms with Crippen LogP contribution in [-0.2, 0) is 19.6 Å². The van der Waals surface area contributed by atoms with Crippen LogP contribution in [0, 0.1) is 11.8 Å². The minimum Gasteiger partial charge on any atom is -0.469 e. The molecule has 3 atom stereocenters. The van der Waals surface area contributed by atoms with E-state index in [9.17, 15) is 13.2 Å². The van der Waals surface area contributed by atoms with Gasteiger partial charge in [0.2, 0.25) is 10.0 Å². The fourth-order valence-corrected chi connectivity index (χ4v) is 6.33. The molecule has 2 aromatic rings. The fraction of sp³-hybridized carbons (Fsp3) is 0.536. The van der Waals surface area contributed by atoms with E-state index >= 15 is 0 Å². The van der Waals surface area contributed by atoms with E-state index in [0.29, 0.717) is 11.4 Å². The standard InChI is InChI=1S/C28H39N3O4S.ClH/c1-30(36(33,34)26-11-7-4-8-12-26)21-25(23-9-5-3-6-10-23)16-18-31-17-15-24(28(32)35-2)19-27(31)29-20-22-13-14-22;/h3-12,22,24-25,27,29H,13-21H2,1-2H3;1H/t24?,25-,27-;/m0./s1. The topological polar surface area (TPSA) is 79.0 Å². The number of halogens is 1. The number of benzene rings is 2. The van der Waals surface area contributed by atoms with E-state index in [0.717, 1.165) is 50.4 Å². The highest BCUT2D eigenvalue weighted by Crippen LogP contribution is 2.30. The number of hydrogen-bond acceptors (Lipinski definition) is 6. The lowest BCUT2D eigenvalue weighted by Gasteiger charge is -2.40. The third-order valence-corrected chi connectivity index (χ3v) is 9.39. The number of carbonyl (C=O) groups excluding carboxylic acids is 1. The Balaban J connectivity index is 0.00000380. The van der Waals surface area contributed by atoms with Gasteiger partial charge >= 0.3 is 5.97 Å². The van der Waals surface area contributed by atoms with Crippen molar-refractivity contribution in [1.82, 2.24) is 14.5 Å². The van der Waals surface area contributed by atoms with Crippen molar-refractivity contribution in [3.63, 3.8) is 0 Å². The van der Waals surface area contributed by atoms with Gasteiger partial charge in [0.25, 0.3) is 0 Å². The SMILES string of the molecule is COC(=O)C1CCN(CC[C@@H](CN(C)S(=O)(=O)c2ccccc2)c2ccccc2)[C@H](NCC2CC2)C1.Cl. The Morgan fingerprint density at radius 3 is 2.35 bits per heavy atom. The highest BCUT2D eigenvalue weighted by molar-refractivity contribution is 7.89. The van der Waals surface area contributed by atoms with Crippen LogP contribution in [0.4, 0.5) is 0 Å². The molecule has 1 heterocycles. The lowest BCUT2D eigenvalue weighted by molar-refractivity contribution is -0.148. The number of sulfonamides is 1. The van der Waals surface area contributed by atoms with E-state index in [4.69, 9.17) is 4.74 Å². The molecule has 2 aromatic carbocycles. The Labute approximate surface area is 228 Å². The van der Waals surface area contributed by atoms with Crippen molar-refractivity contribution in [2.45, 2.75) is 49.1 Å². The average Bonchev–Trinajstić information content (AvgIpc) is 3.75. The summed E-state index contributed by atoms with van der Waals surface area (Å²) in [5, 5.41) is 3.70. The van der Waals surface area contributed by atoms with Crippen LogP contribution in [0.15, 0.2) is 65.6 Å². The van der Waals surface area contributed by atoms with E-state index in [1.54, 1.807) is 31.3 Å². The van der Waals surface area contributed by atoms with Crippen molar-refractivity contribution in [3.05, 3.63) is 66.2 Å². The fourth-order valence-electron chi connectivity index (χ4n) is 5.09. The summed E-state index contributed by atoms with van der Waals surface area (Å²) in [5.41, 5.74) is 1.14. The van der Waals surface area contributed by atoms with Crippen LogP contribution in [0.1, 0.15) is 43.6 Å². The molecule has 2 fully saturated rings. The maximum Gasteiger partial charge on any atom is 0.308 e. The molecule has 4 rings (SSSR count). The molecule has 9 heteroatoms. The lowest BCUT2D eigenvalue weighted by atomic mass is 9.92. The summed E-state index contributed by atoms with van der Waals surface area (Å²) in [4.78, 5) is 15.0. The molecule has 0 radical (unpaired) electrons. The second-order valence-electron chi connectivity index (χ2n) is 10.1. The molecule has 37 heavy (non-hydrogen) atoms. The zero-order valence-electron chi connectivity index (χ0n) is 21.8. The van der Waals surface area contributed by atoms with E-state index in [2.05, 4.69) is 22.3 Å². The largest absolute Gasteiger partial charge is 0.469 e. The van der Waals surface area contributed by atoms with Gasteiger partial charge in [-0.25, -0.2) is 12.7 Å². The molecular formula is C28H40ClN3O4S. The molecule has 2 aliphatic rings. The Bertz CT molecular complexity index is 1080. The van der Waals surface area contributed by atoms with Crippen molar-refractivity contribution >= 4 is 28.4 Å². The number of carbonyl (C=O) groups is 1. The number of esters is 1. The Kier molecular flexibility index (Phi) is 11.0. The second kappa shape index (κ2) is 13.7. The summed E-state index contributed by atoms with van der Waals surface area (Å²) in [5.74, 6) is 0.606. The summed E-state index contributed by atoms with van der Waals surface area (Å²) in [7, 11) is -0.440. The van der Waals surface area contributed by atoms with E-state index < -0.39 is 10.0 Å². The Morgan fingerprint density at radius 2 is 1.73 bits per heavy atom. The van der Waals surface area contributed by atoms with Gasteiger partial charge in [-0.05, 0) is 68.2 Å². The molecule has 1 saturated carbocycles. The number of rotatable bonds is 12.